The van der Waals surface area contributed by atoms with E-state index in [2.05, 4.69) is 10.6 Å². The van der Waals surface area contributed by atoms with Gasteiger partial charge < -0.3 is 35.0 Å². The lowest BCUT2D eigenvalue weighted by atomic mass is 9.96. The van der Waals surface area contributed by atoms with E-state index in [4.69, 9.17) is 9.47 Å². The van der Waals surface area contributed by atoms with E-state index in [1.807, 2.05) is 36.4 Å². The predicted molar refractivity (Wildman–Crippen MR) is 147 cm³/mol. The van der Waals surface area contributed by atoms with Crippen molar-refractivity contribution in [3.8, 4) is 0 Å². The van der Waals surface area contributed by atoms with Crippen LogP contribution in [-0.2, 0) is 30.5 Å². The monoisotopic (exact) mass is 576 g/mol. The number of piperazine rings is 1. The summed E-state index contributed by atoms with van der Waals surface area (Å²) in [5.41, 5.74) is 1.17. The highest BCUT2D eigenvalue weighted by atomic mass is 16.6. The highest BCUT2D eigenvalue weighted by Crippen LogP contribution is 2.25. The average molecular weight is 577 g/mol. The number of carbonyl (C=O) groups excluding carboxylic acids is 5. The van der Waals surface area contributed by atoms with Gasteiger partial charge in [0, 0.05) is 12.1 Å². The molecule has 5 rings (SSSR count). The van der Waals surface area contributed by atoms with Crippen LogP contribution in [0.1, 0.15) is 35.2 Å². The second kappa shape index (κ2) is 12.9. The van der Waals surface area contributed by atoms with E-state index in [1.54, 1.807) is 36.4 Å². The lowest BCUT2D eigenvalue weighted by molar-refractivity contribution is -0.156. The zero-order chi connectivity index (χ0) is 29.6. The van der Waals surface area contributed by atoms with Crippen molar-refractivity contribution < 1.29 is 38.6 Å². The van der Waals surface area contributed by atoms with Gasteiger partial charge in [-0.1, -0.05) is 60.7 Å². The SMILES string of the molecule is O=C1C[C@H](NC(=O)[C@@H]2CN(C(=O)OCc3ccccc3)C[C@@H]3C/C=C\C[C@H](NC(=O)c4ccccc4)C(=O)N32)C(O)O1. The largest absolute Gasteiger partial charge is 0.445 e. The first-order chi connectivity index (χ1) is 20.3. The molecule has 3 aliphatic rings. The van der Waals surface area contributed by atoms with Crippen LogP contribution in [-0.4, -0.2) is 88.2 Å². The van der Waals surface area contributed by atoms with Gasteiger partial charge in [-0.25, -0.2) is 4.79 Å². The van der Waals surface area contributed by atoms with Gasteiger partial charge in [0.2, 0.25) is 18.1 Å². The third-order valence-electron chi connectivity index (χ3n) is 7.47. The molecule has 0 aromatic heterocycles. The van der Waals surface area contributed by atoms with E-state index in [-0.39, 0.29) is 32.5 Å². The summed E-state index contributed by atoms with van der Waals surface area (Å²) < 4.78 is 10.3. The number of esters is 1. The van der Waals surface area contributed by atoms with Crippen molar-refractivity contribution >= 4 is 29.8 Å². The van der Waals surface area contributed by atoms with Crippen molar-refractivity contribution in [2.24, 2.45) is 0 Å². The highest BCUT2D eigenvalue weighted by molar-refractivity contribution is 5.99. The fourth-order valence-electron chi connectivity index (χ4n) is 5.32. The van der Waals surface area contributed by atoms with E-state index in [0.29, 0.717) is 12.0 Å². The van der Waals surface area contributed by atoms with E-state index in [1.165, 1.54) is 9.80 Å². The van der Waals surface area contributed by atoms with E-state index in [9.17, 15) is 29.1 Å². The summed E-state index contributed by atoms with van der Waals surface area (Å²) in [6, 6.07) is 13.8. The van der Waals surface area contributed by atoms with Crippen molar-refractivity contribution in [1.29, 1.82) is 0 Å². The summed E-state index contributed by atoms with van der Waals surface area (Å²) in [5, 5.41) is 15.4. The van der Waals surface area contributed by atoms with Gasteiger partial charge in [0.25, 0.3) is 5.91 Å². The number of fused-ring (bicyclic) bond motifs is 1. The first kappa shape index (κ1) is 28.8. The fraction of sp³-hybridized carbons (Fsp3) is 0.367. The smallest absolute Gasteiger partial charge is 0.410 e. The number of cyclic esters (lactones) is 1. The van der Waals surface area contributed by atoms with Gasteiger partial charge in [-0.05, 0) is 30.5 Å². The second-order valence-corrected chi connectivity index (χ2v) is 10.4. The Kier molecular flexibility index (Phi) is 8.82. The van der Waals surface area contributed by atoms with E-state index >= 15 is 0 Å². The molecule has 3 N–H and O–H groups in total. The third-order valence-corrected chi connectivity index (χ3v) is 7.47. The molecule has 5 atom stereocenters. The molecule has 3 heterocycles. The number of amides is 4. The molecule has 2 fully saturated rings. The maximum Gasteiger partial charge on any atom is 0.410 e. The number of benzene rings is 2. The number of nitrogens with zero attached hydrogens (tertiary/aromatic N) is 2. The molecule has 4 amide bonds. The molecule has 12 heteroatoms. The van der Waals surface area contributed by atoms with Crippen LogP contribution in [0.5, 0.6) is 0 Å². The molecular weight excluding hydrogens is 544 g/mol. The van der Waals surface area contributed by atoms with Gasteiger partial charge in [-0.3, -0.25) is 19.2 Å². The minimum absolute atomic E-state index is 0.0293. The van der Waals surface area contributed by atoms with E-state index < -0.39 is 60.2 Å². The number of aliphatic hydroxyl groups is 1. The van der Waals surface area contributed by atoms with Crippen LogP contribution in [0.15, 0.2) is 72.8 Å². The minimum atomic E-state index is -1.53. The molecule has 2 saturated heterocycles. The number of rotatable bonds is 6. The highest BCUT2D eigenvalue weighted by Gasteiger charge is 2.46. The fourth-order valence-corrected chi connectivity index (χ4v) is 5.32. The van der Waals surface area contributed by atoms with Crippen LogP contribution in [0.25, 0.3) is 0 Å². The Morgan fingerprint density at radius 2 is 1.62 bits per heavy atom. The maximum absolute atomic E-state index is 14.0. The molecule has 2 aromatic carbocycles. The summed E-state index contributed by atoms with van der Waals surface area (Å²) in [5.74, 6) is -2.26. The van der Waals surface area contributed by atoms with Gasteiger partial charge in [0.15, 0.2) is 0 Å². The number of carbonyl (C=O) groups is 5. The third kappa shape index (κ3) is 6.60. The Balaban J connectivity index is 1.38. The van der Waals surface area contributed by atoms with Crippen molar-refractivity contribution in [1.82, 2.24) is 20.4 Å². The normalized spacial score (nSPS) is 26.3. The maximum atomic E-state index is 14.0. The van der Waals surface area contributed by atoms with Crippen LogP contribution >= 0.6 is 0 Å². The summed E-state index contributed by atoms with van der Waals surface area (Å²) in [6.07, 6.45) is 1.79. The lowest BCUT2D eigenvalue weighted by Gasteiger charge is -2.47. The Morgan fingerprint density at radius 3 is 2.31 bits per heavy atom. The zero-order valence-corrected chi connectivity index (χ0v) is 22.8. The van der Waals surface area contributed by atoms with Crippen molar-refractivity contribution in [2.75, 3.05) is 13.1 Å². The number of aliphatic hydroxyl groups excluding tert-OH is 1. The molecule has 2 aromatic rings. The predicted octanol–water partition coefficient (Wildman–Crippen LogP) is 1.10. The molecule has 0 saturated carbocycles. The van der Waals surface area contributed by atoms with Crippen LogP contribution in [0.4, 0.5) is 4.79 Å². The summed E-state index contributed by atoms with van der Waals surface area (Å²) >= 11 is 0. The molecule has 42 heavy (non-hydrogen) atoms. The van der Waals surface area contributed by atoms with Crippen molar-refractivity contribution in [3.63, 3.8) is 0 Å². The van der Waals surface area contributed by atoms with Gasteiger partial charge in [-0.15, -0.1) is 0 Å². The number of nitrogens with one attached hydrogen (secondary N) is 2. The average Bonchev–Trinajstić information content (AvgIpc) is 3.32. The number of hydrogen-bond acceptors (Lipinski definition) is 8. The number of hydrogen-bond donors (Lipinski definition) is 3. The van der Waals surface area contributed by atoms with Gasteiger partial charge in [0.1, 0.15) is 24.7 Å². The minimum Gasteiger partial charge on any atom is -0.445 e. The summed E-state index contributed by atoms with van der Waals surface area (Å²) in [6.45, 7) is -0.0651. The quantitative estimate of drug-likeness (QED) is 0.341. The molecule has 0 aliphatic carbocycles. The molecule has 12 nitrogen and oxygen atoms in total. The van der Waals surface area contributed by atoms with Gasteiger partial charge in [-0.2, -0.15) is 0 Å². The first-order valence-corrected chi connectivity index (χ1v) is 13.8. The Morgan fingerprint density at radius 1 is 0.929 bits per heavy atom. The Hall–Kier alpha value is -4.71. The lowest BCUT2D eigenvalue weighted by Crippen LogP contribution is -2.68. The van der Waals surface area contributed by atoms with Crippen molar-refractivity contribution in [3.05, 3.63) is 83.9 Å². The Labute approximate surface area is 242 Å². The zero-order valence-electron chi connectivity index (χ0n) is 22.8. The van der Waals surface area contributed by atoms with Crippen LogP contribution in [0, 0.1) is 0 Å². The second-order valence-electron chi connectivity index (χ2n) is 10.4. The molecule has 0 spiro atoms. The molecule has 0 bridgehead atoms. The molecule has 1 unspecified atom stereocenters. The van der Waals surface area contributed by atoms with Crippen LogP contribution < -0.4 is 10.6 Å². The Bertz CT molecular complexity index is 1350. The summed E-state index contributed by atoms with van der Waals surface area (Å²) in [7, 11) is 0. The topological polar surface area (TPSA) is 155 Å². The molecular formula is C30H32N4O8. The standard InChI is InChI=1S/C30H32N4O8/c35-25-15-23(29(39)42-25)32-27(37)24-17-33(30(40)41-18-19-9-3-1-4-10-19)16-21-13-7-8-14-22(28(38)34(21)24)31-26(36)20-11-5-2-6-12-20/h1-12,21-24,29,39H,13-18H2,(H,31,36)(H,32,37)/b8-7-/t21-,22-,23-,24-,29?/m0/s1. The van der Waals surface area contributed by atoms with Crippen molar-refractivity contribution in [2.45, 2.75) is 56.3 Å². The molecule has 220 valence electrons. The van der Waals surface area contributed by atoms with Crippen LogP contribution in [0.2, 0.25) is 0 Å². The van der Waals surface area contributed by atoms with Gasteiger partial charge in [0.05, 0.1) is 19.0 Å². The molecule has 0 radical (unpaired) electrons. The number of ether oxygens (including phenoxy) is 2. The molecule has 3 aliphatic heterocycles. The first-order valence-electron chi connectivity index (χ1n) is 13.8. The van der Waals surface area contributed by atoms with Gasteiger partial charge >= 0.3 is 12.1 Å². The van der Waals surface area contributed by atoms with Crippen LogP contribution in [0.3, 0.4) is 0 Å². The van der Waals surface area contributed by atoms with E-state index in [0.717, 1.165) is 5.56 Å². The summed E-state index contributed by atoms with van der Waals surface area (Å²) in [4.78, 5) is 68.1.